The van der Waals surface area contributed by atoms with Gasteiger partial charge in [0.25, 0.3) is 5.91 Å². The zero-order valence-corrected chi connectivity index (χ0v) is 21.2. The molecule has 8 heteroatoms. The molecule has 5 rings (SSSR count). The Morgan fingerprint density at radius 1 is 0.886 bits per heavy atom. The summed E-state index contributed by atoms with van der Waals surface area (Å²) in [5.74, 6) is 0.393. The highest BCUT2D eigenvalue weighted by atomic mass is 35.5. The molecule has 1 amide bonds. The molecule has 1 fully saturated rings. The topological polar surface area (TPSA) is 50.7 Å². The normalized spacial score (nSPS) is 15.7. The molecule has 0 unspecified atom stereocenters. The van der Waals surface area contributed by atoms with Crippen molar-refractivity contribution in [3.63, 3.8) is 0 Å². The van der Waals surface area contributed by atoms with Gasteiger partial charge in [-0.3, -0.25) is 4.79 Å². The summed E-state index contributed by atoms with van der Waals surface area (Å²) >= 11 is 19.9. The molecule has 0 radical (unpaired) electrons. The quantitative estimate of drug-likeness (QED) is 0.260. The van der Waals surface area contributed by atoms with Crippen molar-refractivity contribution in [3.05, 3.63) is 110 Å². The molecule has 0 atom stereocenters. The monoisotopic (exact) mass is 538 g/mol. The summed E-state index contributed by atoms with van der Waals surface area (Å²) in [5.41, 5.74) is 2.16. The first-order valence-electron chi connectivity index (χ1n) is 10.6. The second-order valence-electron chi connectivity index (χ2n) is 7.63. The lowest BCUT2D eigenvalue weighted by atomic mass is 10.0. The first-order chi connectivity index (χ1) is 17.0. The van der Waals surface area contributed by atoms with E-state index in [-0.39, 0.29) is 5.91 Å². The minimum absolute atomic E-state index is 0.253. The van der Waals surface area contributed by atoms with Crippen LogP contribution in [0.2, 0.25) is 15.1 Å². The summed E-state index contributed by atoms with van der Waals surface area (Å²) in [7, 11) is 0. The molecule has 1 aliphatic heterocycles. The van der Waals surface area contributed by atoms with Crippen LogP contribution in [0.4, 0.5) is 5.69 Å². The number of benzene rings is 4. The van der Waals surface area contributed by atoms with Crippen molar-refractivity contribution in [1.82, 2.24) is 5.32 Å². The second kappa shape index (κ2) is 10.3. The number of hydrogen-bond acceptors (Lipinski definition) is 4. The third-order valence-electron chi connectivity index (χ3n) is 5.35. The average Bonchev–Trinajstić information content (AvgIpc) is 3.20. The number of carbonyl (C=O) groups is 1. The van der Waals surface area contributed by atoms with Crippen LogP contribution in [0.25, 0.3) is 16.8 Å². The van der Waals surface area contributed by atoms with Gasteiger partial charge in [-0.15, -0.1) is 0 Å². The molecule has 0 spiro atoms. The maximum absolute atomic E-state index is 12.8. The SMILES string of the molecule is O=C1NC(=Nc2cccc(Cl)c2Cl)S/C1=C/c1c(OCc2ccccc2Cl)ccc2ccccc12. The molecule has 1 N–H and O–H groups in total. The number of hydrogen-bond donors (Lipinski definition) is 1. The summed E-state index contributed by atoms with van der Waals surface area (Å²) < 4.78 is 6.18. The number of amides is 1. The van der Waals surface area contributed by atoms with Crippen molar-refractivity contribution < 1.29 is 9.53 Å². The van der Waals surface area contributed by atoms with Gasteiger partial charge in [0.1, 0.15) is 12.4 Å². The lowest BCUT2D eigenvalue weighted by Gasteiger charge is -2.13. The van der Waals surface area contributed by atoms with Gasteiger partial charge in [0, 0.05) is 16.1 Å². The van der Waals surface area contributed by atoms with E-state index in [0.717, 1.165) is 21.9 Å². The van der Waals surface area contributed by atoms with E-state index >= 15 is 0 Å². The van der Waals surface area contributed by atoms with Gasteiger partial charge < -0.3 is 10.1 Å². The predicted octanol–water partition coefficient (Wildman–Crippen LogP) is 8.27. The van der Waals surface area contributed by atoms with Gasteiger partial charge in [-0.25, -0.2) is 4.99 Å². The van der Waals surface area contributed by atoms with Crippen molar-refractivity contribution >= 4 is 80.2 Å². The van der Waals surface area contributed by atoms with E-state index in [1.54, 1.807) is 18.2 Å². The average molecular weight is 540 g/mol. The molecule has 4 nitrogen and oxygen atoms in total. The van der Waals surface area contributed by atoms with E-state index in [1.165, 1.54) is 11.8 Å². The van der Waals surface area contributed by atoms with E-state index in [2.05, 4.69) is 10.3 Å². The minimum atomic E-state index is -0.253. The van der Waals surface area contributed by atoms with Crippen LogP contribution < -0.4 is 10.1 Å². The Bertz CT molecular complexity index is 1520. The number of aliphatic imine (C=N–C) groups is 1. The van der Waals surface area contributed by atoms with Gasteiger partial charge in [0.05, 0.1) is 20.6 Å². The van der Waals surface area contributed by atoms with E-state index in [1.807, 2.05) is 66.7 Å². The van der Waals surface area contributed by atoms with Crippen LogP contribution in [0.15, 0.2) is 88.8 Å². The van der Waals surface area contributed by atoms with Gasteiger partial charge in [0.2, 0.25) is 0 Å². The molecule has 0 aliphatic carbocycles. The van der Waals surface area contributed by atoms with E-state index < -0.39 is 0 Å². The Balaban J connectivity index is 1.51. The third-order valence-corrected chi connectivity index (χ3v) is 7.44. The highest BCUT2D eigenvalue weighted by Crippen LogP contribution is 2.37. The first kappa shape index (κ1) is 23.8. The molecule has 35 heavy (non-hydrogen) atoms. The van der Waals surface area contributed by atoms with Gasteiger partial charge in [-0.05, 0) is 52.9 Å². The van der Waals surface area contributed by atoms with Crippen molar-refractivity contribution in [2.45, 2.75) is 6.61 Å². The molecule has 174 valence electrons. The molecular formula is C27H17Cl3N2O2S. The fraction of sp³-hybridized carbons (Fsp3) is 0.0370. The minimum Gasteiger partial charge on any atom is -0.488 e. The summed E-state index contributed by atoms with van der Waals surface area (Å²) in [4.78, 5) is 17.8. The summed E-state index contributed by atoms with van der Waals surface area (Å²) in [6.07, 6.45) is 1.83. The second-order valence-corrected chi connectivity index (χ2v) is 9.86. The number of nitrogens with zero attached hydrogens (tertiary/aromatic N) is 1. The Morgan fingerprint density at radius 2 is 1.66 bits per heavy atom. The Morgan fingerprint density at radius 3 is 2.51 bits per heavy atom. The van der Waals surface area contributed by atoms with Crippen LogP contribution in [0.3, 0.4) is 0 Å². The fourth-order valence-electron chi connectivity index (χ4n) is 3.62. The molecule has 1 saturated heterocycles. The highest BCUT2D eigenvalue weighted by molar-refractivity contribution is 8.18. The van der Waals surface area contributed by atoms with Crippen LogP contribution in [0.1, 0.15) is 11.1 Å². The predicted molar refractivity (Wildman–Crippen MR) is 147 cm³/mol. The van der Waals surface area contributed by atoms with Crippen LogP contribution in [0, 0.1) is 0 Å². The number of halogens is 3. The molecule has 0 saturated carbocycles. The maximum atomic E-state index is 12.8. The Labute approximate surface area is 221 Å². The zero-order chi connectivity index (χ0) is 24.4. The number of amidine groups is 1. The number of nitrogens with one attached hydrogen (secondary N) is 1. The lowest BCUT2D eigenvalue weighted by molar-refractivity contribution is -0.115. The van der Waals surface area contributed by atoms with Gasteiger partial charge >= 0.3 is 0 Å². The molecule has 1 heterocycles. The molecule has 4 aromatic carbocycles. The molecule has 0 aromatic heterocycles. The summed E-state index contributed by atoms with van der Waals surface area (Å²) in [5, 5.41) is 6.59. The van der Waals surface area contributed by atoms with Crippen molar-refractivity contribution in [2.75, 3.05) is 0 Å². The van der Waals surface area contributed by atoms with Crippen molar-refractivity contribution in [2.24, 2.45) is 4.99 Å². The van der Waals surface area contributed by atoms with Gasteiger partial charge in [0.15, 0.2) is 5.17 Å². The number of ether oxygens (including phenoxy) is 1. The van der Waals surface area contributed by atoms with Crippen LogP contribution in [0.5, 0.6) is 5.75 Å². The maximum Gasteiger partial charge on any atom is 0.264 e. The van der Waals surface area contributed by atoms with Gasteiger partial charge in [-0.2, -0.15) is 0 Å². The van der Waals surface area contributed by atoms with Crippen molar-refractivity contribution in [3.8, 4) is 5.75 Å². The molecule has 4 aromatic rings. The van der Waals surface area contributed by atoms with E-state index in [9.17, 15) is 4.79 Å². The smallest absolute Gasteiger partial charge is 0.264 e. The third kappa shape index (κ3) is 5.19. The van der Waals surface area contributed by atoms with E-state index in [4.69, 9.17) is 39.5 Å². The lowest BCUT2D eigenvalue weighted by Crippen LogP contribution is -2.19. The number of carbonyl (C=O) groups excluding carboxylic acids is 1. The molecular weight excluding hydrogens is 523 g/mol. The van der Waals surface area contributed by atoms with Crippen LogP contribution >= 0.6 is 46.6 Å². The Hall–Kier alpha value is -2.96. The fourth-order valence-corrected chi connectivity index (χ4v) is 4.97. The molecule has 1 aliphatic rings. The zero-order valence-electron chi connectivity index (χ0n) is 18.1. The standard InChI is InChI=1S/C27H17Cl3N2O2S/c28-20-9-4-2-7-17(20)15-34-23-13-12-16-6-1-3-8-18(16)19(23)14-24-26(33)32-27(35-24)31-22-11-5-10-21(29)25(22)30/h1-14H,15H2,(H,31,32,33)/b24-14+. The number of thioether (sulfide) groups is 1. The Kier molecular flexibility index (Phi) is 7.02. The van der Waals surface area contributed by atoms with Gasteiger partial charge in [-0.1, -0.05) is 89.4 Å². The van der Waals surface area contributed by atoms with Crippen LogP contribution in [-0.4, -0.2) is 11.1 Å². The largest absolute Gasteiger partial charge is 0.488 e. The van der Waals surface area contributed by atoms with Crippen molar-refractivity contribution in [1.29, 1.82) is 0 Å². The first-order valence-corrected chi connectivity index (χ1v) is 12.6. The van der Waals surface area contributed by atoms with E-state index in [0.29, 0.717) is 43.2 Å². The summed E-state index contributed by atoms with van der Waals surface area (Å²) in [6, 6.07) is 24.6. The van der Waals surface area contributed by atoms with Crippen LogP contribution in [-0.2, 0) is 11.4 Å². The highest BCUT2D eigenvalue weighted by Gasteiger charge is 2.25. The molecule has 0 bridgehead atoms. The number of fused-ring (bicyclic) bond motifs is 1. The summed E-state index contributed by atoms with van der Waals surface area (Å²) in [6.45, 7) is 0.299. The number of rotatable bonds is 5.